The zero-order valence-electron chi connectivity index (χ0n) is 10.5. The van der Waals surface area contributed by atoms with Crippen LogP contribution in [0.15, 0.2) is 0 Å². The summed E-state index contributed by atoms with van der Waals surface area (Å²) in [6.45, 7) is 3.70. The van der Waals surface area contributed by atoms with Crippen molar-refractivity contribution in [3.05, 3.63) is 0 Å². The van der Waals surface area contributed by atoms with Crippen molar-refractivity contribution in [1.29, 1.82) is 0 Å². The van der Waals surface area contributed by atoms with Gasteiger partial charge in [0, 0.05) is 13.5 Å². The van der Waals surface area contributed by atoms with Gasteiger partial charge in [0.25, 0.3) is 0 Å². The number of amides is 2. The minimum absolute atomic E-state index is 0.147. The highest BCUT2D eigenvalue weighted by Crippen LogP contribution is 2.23. The summed E-state index contributed by atoms with van der Waals surface area (Å²) in [5, 5.41) is 14.7. The van der Waals surface area contributed by atoms with Crippen LogP contribution in [0, 0.1) is 5.92 Å². The number of carbonyl (C=O) groups is 2. The molecule has 0 bridgehead atoms. The van der Waals surface area contributed by atoms with Crippen LogP contribution in [0.25, 0.3) is 0 Å². The molecule has 1 saturated carbocycles. The van der Waals surface area contributed by atoms with Crippen LogP contribution in [0.3, 0.4) is 0 Å². The van der Waals surface area contributed by atoms with E-state index in [1.54, 1.807) is 6.92 Å². The first kappa shape index (κ1) is 14.0. The first-order chi connectivity index (χ1) is 7.99. The summed E-state index contributed by atoms with van der Waals surface area (Å²) in [6.07, 6.45) is 3.38. The Kier molecular flexibility index (Phi) is 5.41. The highest BCUT2D eigenvalue weighted by Gasteiger charge is 2.21. The molecule has 1 atom stereocenters. The maximum atomic E-state index is 11.6. The Bertz CT molecular complexity index is 273. The van der Waals surface area contributed by atoms with E-state index in [9.17, 15) is 14.7 Å². The molecule has 0 radical (unpaired) electrons. The first-order valence-corrected chi connectivity index (χ1v) is 6.22. The summed E-state index contributed by atoms with van der Waals surface area (Å²) >= 11 is 0. The van der Waals surface area contributed by atoms with E-state index in [2.05, 4.69) is 10.6 Å². The molecule has 1 rings (SSSR count). The minimum atomic E-state index is -0.485. The summed E-state index contributed by atoms with van der Waals surface area (Å²) in [5.41, 5.74) is 0. The molecule has 0 aromatic heterocycles. The van der Waals surface area contributed by atoms with Crippen molar-refractivity contribution < 1.29 is 14.7 Å². The summed E-state index contributed by atoms with van der Waals surface area (Å²) in [7, 11) is 0. The topological polar surface area (TPSA) is 78.4 Å². The molecule has 0 aromatic rings. The molecule has 0 aromatic carbocycles. The highest BCUT2D eigenvalue weighted by molar-refractivity contribution is 5.86. The fourth-order valence-electron chi connectivity index (χ4n) is 2.12. The van der Waals surface area contributed by atoms with E-state index in [-0.39, 0.29) is 17.9 Å². The lowest BCUT2D eigenvalue weighted by Gasteiger charge is -2.26. The number of aliphatic hydroxyl groups excluding tert-OH is 1. The number of carbonyl (C=O) groups excluding carboxylic acids is 2. The van der Waals surface area contributed by atoms with Gasteiger partial charge in [-0.15, -0.1) is 0 Å². The van der Waals surface area contributed by atoms with Gasteiger partial charge in [-0.2, -0.15) is 0 Å². The second-order valence-electron chi connectivity index (χ2n) is 4.84. The first-order valence-electron chi connectivity index (χ1n) is 6.22. The molecule has 2 amide bonds. The van der Waals surface area contributed by atoms with Crippen LogP contribution in [-0.4, -0.2) is 35.6 Å². The molecule has 98 valence electrons. The van der Waals surface area contributed by atoms with Crippen LogP contribution >= 0.6 is 0 Å². The van der Waals surface area contributed by atoms with Gasteiger partial charge in [-0.3, -0.25) is 9.59 Å². The van der Waals surface area contributed by atoms with E-state index in [1.807, 2.05) is 0 Å². The number of nitrogens with one attached hydrogen (secondary N) is 2. The van der Waals surface area contributed by atoms with Crippen molar-refractivity contribution in [1.82, 2.24) is 10.6 Å². The summed E-state index contributed by atoms with van der Waals surface area (Å²) < 4.78 is 0. The van der Waals surface area contributed by atoms with Crippen molar-refractivity contribution in [2.75, 3.05) is 6.54 Å². The molecule has 5 nitrogen and oxygen atoms in total. The number of hydrogen-bond donors (Lipinski definition) is 3. The SMILES string of the molecule is CC(=O)NC(C)C(=O)NCC1CCC(O)CC1. The molecule has 0 heterocycles. The van der Waals surface area contributed by atoms with E-state index >= 15 is 0 Å². The quantitative estimate of drug-likeness (QED) is 0.658. The van der Waals surface area contributed by atoms with Crippen molar-refractivity contribution in [2.45, 2.75) is 51.7 Å². The van der Waals surface area contributed by atoms with E-state index in [0.29, 0.717) is 12.5 Å². The number of rotatable bonds is 4. The molecule has 17 heavy (non-hydrogen) atoms. The Morgan fingerprint density at radius 3 is 2.41 bits per heavy atom. The largest absolute Gasteiger partial charge is 0.393 e. The molecule has 0 spiro atoms. The second-order valence-corrected chi connectivity index (χ2v) is 4.84. The van der Waals surface area contributed by atoms with Crippen LogP contribution in [0.1, 0.15) is 39.5 Å². The minimum Gasteiger partial charge on any atom is -0.393 e. The fraction of sp³-hybridized carbons (Fsp3) is 0.833. The summed E-state index contributed by atoms with van der Waals surface area (Å²) in [4.78, 5) is 22.4. The van der Waals surface area contributed by atoms with Gasteiger partial charge in [-0.05, 0) is 38.5 Å². The van der Waals surface area contributed by atoms with Gasteiger partial charge in [-0.25, -0.2) is 0 Å². The lowest BCUT2D eigenvalue weighted by molar-refractivity contribution is -0.127. The molecule has 1 unspecified atom stereocenters. The number of hydrogen-bond acceptors (Lipinski definition) is 3. The van der Waals surface area contributed by atoms with Gasteiger partial charge in [0.2, 0.25) is 11.8 Å². The Balaban J connectivity index is 2.21. The van der Waals surface area contributed by atoms with Gasteiger partial charge in [0.15, 0.2) is 0 Å². The standard InChI is InChI=1S/C12H22N2O3/c1-8(14-9(2)15)12(17)13-7-10-3-5-11(16)6-4-10/h8,10-11,16H,3-7H2,1-2H3,(H,13,17)(H,14,15). The molecular weight excluding hydrogens is 220 g/mol. The second kappa shape index (κ2) is 6.59. The highest BCUT2D eigenvalue weighted by atomic mass is 16.3. The molecule has 5 heteroatoms. The maximum Gasteiger partial charge on any atom is 0.242 e. The maximum absolute atomic E-state index is 11.6. The van der Waals surface area contributed by atoms with E-state index < -0.39 is 6.04 Å². The van der Waals surface area contributed by atoms with Gasteiger partial charge < -0.3 is 15.7 Å². The van der Waals surface area contributed by atoms with Gasteiger partial charge >= 0.3 is 0 Å². The van der Waals surface area contributed by atoms with Crippen molar-refractivity contribution >= 4 is 11.8 Å². The van der Waals surface area contributed by atoms with E-state index in [4.69, 9.17) is 0 Å². The van der Waals surface area contributed by atoms with Gasteiger partial charge in [0.05, 0.1) is 6.10 Å². The molecule has 0 saturated heterocycles. The summed E-state index contributed by atoms with van der Waals surface area (Å²) in [5.74, 6) is 0.103. The van der Waals surface area contributed by atoms with E-state index in [0.717, 1.165) is 25.7 Å². The average molecular weight is 242 g/mol. The Labute approximate surface area is 102 Å². The third-order valence-electron chi connectivity index (χ3n) is 3.19. The monoisotopic (exact) mass is 242 g/mol. The number of aliphatic hydroxyl groups is 1. The van der Waals surface area contributed by atoms with Crippen molar-refractivity contribution in [3.63, 3.8) is 0 Å². The molecular formula is C12H22N2O3. The Morgan fingerprint density at radius 1 is 1.29 bits per heavy atom. The lowest BCUT2D eigenvalue weighted by Crippen LogP contribution is -2.45. The smallest absolute Gasteiger partial charge is 0.242 e. The van der Waals surface area contributed by atoms with Gasteiger partial charge in [-0.1, -0.05) is 0 Å². The van der Waals surface area contributed by atoms with Gasteiger partial charge in [0.1, 0.15) is 6.04 Å². The zero-order chi connectivity index (χ0) is 12.8. The Morgan fingerprint density at radius 2 is 1.88 bits per heavy atom. The predicted octanol–water partition coefficient (Wildman–Crippen LogP) is 0.178. The molecule has 1 fully saturated rings. The van der Waals surface area contributed by atoms with Crippen LogP contribution < -0.4 is 10.6 Å². The molecule has 1 aliphatic rings. The van der Waals surface area contributed by atoms with E-state index in [1.165, 1.54) is 6.92 Å². The molecule has 0 aliphatic heterocycles. The lowest BCUT2D eigenvalue weighted by atomic mass is 9.87. The van der Waals surface area contributed by atoms with Crippen LogP contribution in [0.5, 0.6) is 0 Å². The third-order valence-corrected chi connectivity index (χ3v) is 3.19. The normalized spacial score (nSPS) is 26.1. The van der Waals surface area contributed by atoms with Crippen molar-refractivity contribution in [2.24, 2.45) is 5.92 Å². The van der Waals surface area contributed by atoms with Crippen molar-refractivity contribution in [3.8, 4) is 0 Å². The molecule has 3 N–H and O–H groups in total. The average Bonchev–Trinajstić information content (AvgIpc) is 2.27. The Hall–Kier alpha value is -1.10. The van der Waals surface area contributed by atoms with Crippen LogP contribution in [0.4, 0.5) is 0 Å². The fourth-order valence-corrected chi connectivity index (χ4v) is 2.12. The third kappa shape index (κ3) is 5.17. The predicted molar refractivity (Wildman–Crippen MR) is 64.3 cm³/mol. The molecule has 1 aliphatic carbocycles. The summed E-state index contributed by atoms with van der Waals surface area (Å²) in [6, 6.07) is -0.485. The van der Waals surface area contributed by atoms with Crippen LogP contribution in [0.2, 0.25) is 0 Å². The zero-order valence-corrected chi connectivity index (χ0v) is 10.5. The van der Waals surface area contributed by atoms with Crippen LogP contribution in [-0.2, 0) is 9.59 Å².